The second-order valence-electron chi connectivity index (χ2n) is 4.17. The quantitative estimate of drug-likeness (QED) is 0.917. The number of pyridine rings is 1. The van der Waals surface area contributed by atoms with Crippen LogP contribution in [-0.2, 0) is 19.1 Å². The molecule has 2 aromatic heterocycles. The van der Waals surface area contributed by atoms with Crippen molar-refractivity contribution in [2.45, 2.75) is 36.2 Å². The van der Waals surface area contributed by atoms with Crippen LogP contribution in [0.25, 0.3) is 0 Å². The van der Waals surface area contributed by atoms with Gasteiger partial charge < -0.3 is 10.3 Å². The third kappa shape index (κ3) is 3.73. The van der Waals surface area contributed by atoms with E-state index in [1.807, 2.05) is 11.5 Å². The van der Waals surface area contributed by atoms with Crippen molar-refractivity contribution in [1.82, 2.24) is 19.7 Å². The molecular formula is C12H14F3N5S. The van der Waals surface area contributed by atoms with Gasteiger partial charge in [0.2, 0.25) is 0 Å². The molecule has 0 aromatic carbocycles. The van der Waals surface area contributed by atoms with Crippen molar-refractivity contribution in [3.8, 4) is 0 Å². The van der Waals surface area contributed by atoms with Crippen molar-refractivity contribution in [3.63, 3.8) is 0 Å². The first-order chi connectivity index (χ1) is 9.95. The molecule has 9 heteroatoms. The van der Waals surface area contributed by atoms with Crippen molar-refractivity contribution in [3.05, 3.63) is 29.7 Å². The second kappa shape index (κ2) is 6.44. The molecule has 2 heterocycles. The Bertz CT molecular complexity index is 594. The van der Waals surface area contributed by atoms with Crippen LogP contribution in [0.2, 0.25) is 0 Å². The topological polar surface area (TPSA) is 69.6 Å². The van der Waals surface area contributed by atoms with Gasteiger partial charge in [0.25, 0.3) is 0 Å². The normalized spacial score (nSPS) is 11.9. The molecule has 21 heavy (non-hydrogen) atoms. The fraction of sp³-hybridized carbons (Fsp3) is 0.417. The third-order valence-corrected chi connectivity index (χ3v) is 3.67. The van der Waals surface area contributed by atoms with Gasteiger partial charge >= 0.3 is 6.18 Å². The molecule has 2 rings (SSSR count). The number of nitrogens with two attached hydrogens (primary N) is 1. The molecule has 0 atom stereocenters. The molecule has 0 spiro atoms. The molecule has 0 aliphatic carbocycles. The van der Waals surface area contributed by atoms with E-state index < -0.39 is 11.7 Å². The van der Waals surface area contributed by atoms with Crippen LogP contribution in [-0.4, -0.2) is 26.3 Å². The molecule has 0 aliphatic rings. The lowest BCUT2D eigenvalue weighted by atomic mass is 10.3. The number of aromatic nitrogens is 4. The molecule has 0 saturated heterocycles. The van der Waals surface area contributed by atoms with Crippen LogP contribution in [0.5, 0.6) is 0 Å². The van der Waals surface area contributed by atoms with E-state index in [-0.39, 0.29) is 0 Å². The lowest BCUT2D eigenvalue weighted by Crippen LogP contribution is -2.10. The summed E-state index contributed by atoms with van der Waals surface area (Å²) in [6.07, 6.45) is -2.97. The van der Waals surface area contributed by atoms with E-state index in [0.29, 0.717) is 29.7 Å². The van der Waals surface area contributed by atoms with E-state index in [1.165, 1.54) is 17.8 Å². The minimum atomic E-state index is -4.38. The summed E-state index contributed by atoms with van der Waals surface area (Å²) >= 11 is 1.17. The van der Waals surface area contributed by atoms with Crippen LogP contribution >= 0.6 is 11.8 Å². The highest BCUT2D eigenvalue weighted by atomic mass is 32.2. The zero-order chi connectivity index (χ0) is 15.5. The number of halogens is 3. The van der Waals surface area contributed by atoms with Gasteiger partial charge in [0.05, 0.1) is 5.56 Å². The first-order valence-electron chi connectivity index (χ1n) is 6.29. The fourth-order valence-corrected chi connectivity index (χ4v) is 2.58. The van der Waals surface area contributed by atoms with Gasteiger partial charge in [0.15, 0.2) is 5.16 Å². The molecule has 2 N–H and O–H groups in total. The molecule has 0 amide bonds. The van der Waals surface area contributed by atoms with E-state index in [1.54, 1.807) is 0 Å². The van der Waals surface area contributed by atoms with Crippen LogP contribution in [0.15, 0.2) is 28.5 Å². The van der Waals surface area contributed by atoms with E-state index >= 15 is 0 Å². The third-order valence-electron chi connectivity index (χ3n) is 2.74. The summed E-state index contributed by atoms with van der Waals surface area (Å²) in [4.78, 5) is 3.81. The summed E-state index contributed by atoms with van der Waals surface area (Å²) in [6, 6.07) is 2.33. The first-order valence-corrected chi connectivity index (χ1v) is 7.10. The van der Waals surface area contributed by atoms with Crippen LogP contribution in [0.1, 0.15) is 18.3 Å². The number of nitrogens with zero attached hydrogens (tertiary/aromatic N) is 4. The lowest BCUT2D eigenvalue weighted by Gasteiger charge is -2.08. The van der Waals surface area contributed by atoms with Gasteiger partial charge in [-0.3, -0.25) is 0 Å². The van der Waals surface area contributed by atoms with Crippen molar-refractivity contribution >= 4 is 11.8 Å². The van der Waals surface area contributed by atoms with E-state index in [4.69, 9.17) is 5.73 Å². The van der Waals surface area contributed by atoms with Gasteiger partial charge in [-0.05, 0) is 37.4 Å². The Hall–Kier alpha value is -1.61. The molecule has 0 radical (unpaired) electrons. The highest BCUT2D eigenvalue weighted by Crippen LogP contribution is 2.31. The van der Waals surface area contributed by atoms with E-state index in [0.717, 1.165) is 18.1 Å². The van der Waals surface area contributed by atoms with Crippen molar-refractivity contribution < 1.29 is 13.2 Å². The Balaban J connectivity index is 2.18. The Labute approximate surface area is 123 Å². The van der Waals surface area contributed by atoms with Gasteiger partial charge in [-0.15, -0.1) is 10.2 Å². The zero-order valence-corrected chi connectivity index (χ0v) is 12.1. The Morgan fingerprint density at radius 2 is 2.05 bits per heavy atom. The number of hydrogen-bond acceptors (Lipinski definition) is 5. The molecular weight excluding hydrogens is 303 g/mol. The van der Waals surface area contributed by atoms with Crippen molar-refractivity contribution in [1.29, 1.82) is 0 Å². The van der Waals surface area contributed by atoms with Crippen LogP contribution in [0, 0.1) is 0 Å². The number of rotatable bonds is 5. The average Bonchev–Trinajstić information content (AvgIpc) is 2.81. The summed E-state index contributed by atoms with van der Waals surface area (Å²) in [5, 5.41) is 9.09. The summed E-state index contributed by atoms with van der Waals surface area (Å²) in [6.45, 7) is 3.06. The zero-order valence-electron chi connectivity index (χ0n) is 11.3. The van der Waals surface area contributed by atoms with Crippen LogP contribution in [0.4, 0.5) is 13.2 Å². The molecule has 0 aliphatic heterocycles. The maximum absolute atomic E-state index is 12.5. The Morgan fingerprint density at radius 3 is 2.57 bits per heavy atom. The summed E-state index contributed by atoms with van der Waals surface area (Å²) in [5.41, 5.74) is 4.73. The highest BCUT2D eigenvalue weighted by Gasteiger charge is 2.30. The predicted molar refractivity (Wildman–Crippen MR) is 71.8 cm³/mol. The number of alkyl halides is 3. The van der Waals surface area contributed by atoms with Crippen molar-refractivity contribution in [2.75, 3.05) is 6.54 Å². The van der Waals surface area contributed by atoms with Gasteiger partial charge in [0.1, 0.15) is 10.9 Å². The molecule has 2 aromatic rings. The summed E-state index contributed by atoms with van der Waals surface area (Å²) in [5.74, 6) is 0.759. The molecule has 5 nitrogen and oxygen atoms in total. The maximum atomic E-state index is 12.5. The van der Waals surface area contributed by atoms with Gasteiger partial charge in [0, 0.05) is 19.2 Å². The first kappa shape index (κ1) is 15.8. The maximum Gasteiger partial charge on any atom is 0.417 e. The molecule has 0 bridgehead atoms. The molecule has 114 valence electrons. The Kier molecular flexibility index (Phi) is 4.84. The molecule has 0 saturated carbocycles. The fourth-order valence-electron chi connectivity index (χ4n) is 1.73. The SMILES string of the molecule is CCn1c(CCN)nnc1Sc1ccc(C(F)(F)F)cn1. The minimum absolute atomic E-state index is 0.435. The smallest absolute Gasteiger partial charge is 0.330 e. The van der Waals surface area contributed by atoms with Crippen LogP contribution < -0.4 is 5.73 Å². The van der Waals surface area contributed by atoms with Gasteiger partial charge in [-0.1, -0.05) is 0 Å². The number of hydrogen-bond donors (Lipinski definition) is 1. The second-order valence-corrected chi connectivity index (χ2v) is 5.15. The summed E-state index contributed by atoms with van der Waals surface area (Å²) < 4.78 is 39.3. The lowest BCUT2D eigenvalue weighted by molar-refractivity contribution is -0.137. The monoisotopic (exact) mass is 317 g/mol. The Morgan fingerprint density at radius 1 is 1.29 bits per heavy atom. The minimum Gasteiger partial charge on any atom is -0.330 e. The highest BCUT2D eigenvalue weighted by molar-refractivity contribution is 7.99. The predicted octanol–water partition coefficient (Wildman–Crippen LogP) is 2.36. The van der Waals surface area contributed by atoms with Gasteiger partial charge in [-0.25, -0.2) is 4.98 Å². The standard InChI is InChI=1S/C12H14F3N5S/c1-2-20-9(5-6-16)18-19-11(20)21-10-4-3-8(7-17-10)12(13,14)15/h3-4,7H,2,5-6,16H2,1H3. The largest absolute Gasteiger partial charge is 0.417 e. The van der Waals surface area contributed by atoms with E-state index in [2.05, 4.69) is 15.2 Å². The molecule has 0 fully saturated rings. The van der Waals surface area contributed by atoms with E-state index in [9.17, 15) is 13.2 Å². The van der Waals surface area contributed by atoms with Crippen LogP contribution in [0.3, 0.4) is 0 Å². The molecule has 0 unspecified atom stereocenters. The van der Waals surface area contributed by atoms with Gasteiger partial charge in [-0.2, -0.15) is 13.2 Å². The average molecular weight is 317 g/mol. The van der Waals surface area contributed by atoms with Crippen molar-refractivity contribution in [2.24, 2.45) is 5.73 Å². The summed E-state index contributed by atoms with van der Waals surface area (Å²) in [7, 11) is 0.